The summed E-state index contributed by atoms with van der Waals surface area (Å²) in [6, 6.07) is 17.5. The summed E-state index contributed by atoms with van der Waals surface area (Å²) in [6.45, 7) is 0.466. The van der Waals surface area contributed by atoms with Crippen LogP contribution in [0.3, 0.4) is 0 Å². The van der Waals surface area contributed by atoms with Crippen LogP contribution in [0.1, 0.15) is 17.5 Å². The third-order valence-electron chi connectivity index (χ3n) is 4.05. The van der Waals surface area contributed by atoms with Gasteiger partial charge in [0.2, 0.25) is 0 Å². The van der Waals surface area contributed by atoms with Gasteiger partial charge in [-0.1, -0.05) is 54.1 Å². The zero-order valence-corrected chi connectivity index (χ0v) is 14.6. The molecule has 1 aliphatic rings. The average Bonchev–Trinajstić information content (AvgIpc) is 3.22. The van der Waals surface area contributed by atoms with E-state index < -0.39 is 6.29 Å². The maximum Gasteiger partial charge on any atom is 0.189 e. The van der Waals surface area contributed by atoms with Gasteiger partial charge < -0.3 is 4.74 Å². The maximum absolute atomic E-state index is 5.99. The molecule has 1 unspecified atom stereocenters. The third-order valence-corrected chi connectivity index (χ3v) is 4.30. The first-order valence-corrected chi connectivity index (χ1v) is 8.58. The van der Waals surface area contributed by atoms with Gasteiger partial charge in [0, 0.05) is 17.0 Å². The highest BCUT2D eigenvalue weighted by atomic mass is 35.5. The van der Waals surface area contributed by atoms with Crippen molar-refractivity contribution in [3.8, 4) is 0 Å². The summed E-state index contributed by atoms with van der Waals surface area (Å²) >= 11 is 5.99. The summed E-state index contributed by atoms with van der Waals surface area (Å²) in [6.07, 6.45) is 3.25. The smallest absolute Gasteiger partial charge is 0.189 e. The molecule has 26 heavy (non-hydrogen) atoms. The van der Waals surface area contributed by atoms with Crippen molar-refractivity contribution >= 4 is 23.0 Å². The zero-order valence-electron chi connectivity index (χ0n) is 13.9. The Morgan fingerprint density at radius 1 is 1.15 bits per heavy atom. The Bertz CT molecular complexity index is 880. The SMILES string of the molecule is Clc1ccc(C2=C(n3cncn3)CC(OCc3ccccc3)ON2)cc1. The quantitative estimate of drug-likeness (QED) is 0.743. The monoisotopic (exact) mass is 368 g/mol. The molecule has 1 aromatic heterocycles. The fourth-order valence-electron chi connectivity index (χ4n) is 2.74. The fraction of sp³-hybridized carbons (Fsp3) is 0.158. The van der Waals surface area contributed by atoms with Gasteiger partial charge in [-0.05, 0) is 17.7 Å². The lowest BCUT2D eigenvalue weighted by atomic mass is 10.1. The van der Waals surface area contributed by atoms with Gasteiger partial charge in [-0.3, -0.25) is 5.48 Å². The molecule has 1 N–H and O–H groups in total. The number of hydroxylamine groups is 1. The minimum absolute atomic E-state index is 0.439. The summed E-state index contributed by atoms with van der Waals surface area (Å²) in [5.74, 6) is 0. The topological polar surface area (TPSA) is 61.2 Å². The van der Waals surface area contributed by atoms with E-state index >= 15 is 0 Å². The number of hydrogen-bond donors (Lipinski definition) is 1. The number of nitrogens with zero attached hydrogens (tertiary/aromatic N) is 3. The number of ether oxygens (including phenoxy) is 1. The molecule has 0 spiro atoms. The summed E-state index contributed by atoms with van der Waals surface area (Å²) in [5, 5.41) is 4.93. The zero-order chi connectivity index (χ0) is 17.8. The Morgan fingerprint density at radius 2 is 1.96 bits per heavy atom. The van der Waals surface area contributed by atoms with E-state index in [2.05, 4.69) is 15.6 Å². The van der Waals surface area contributed by atoms with Crippen LogP contribution in [0.5, 0.6) is 0 Å². The number of rotatable bonds is 5. The van der Waals surface area contributed by atoms with Gasteiger partial charge in [-0.2, -0.15) is 5.10 Å². The predicted octanol–water partition coefficient (Wildman–Crippen LogP) is 3.73. The Balaban J connectivity index is 1.56. The maximum atomic E-state index is 5.99. The van der Waals surface area contributed by atoms with Crippen LogP contribution in [0.25, 0.3) is 11.4 Å². The van der Waals surface area contributed by atoms with Crippen LogP contribution < -0.4 is 5.48 Å². The highest BCUT2D eigenvalue weighted by Crippen LogP contribution is 2.29. The molecule has 0 aliphatic carbocycles. The van der Waals surface area contributed by atoms with Gasteiger partial charge in [0.25, 0.3) is 0 Å². The number of nitrogens with one attached hydrogen (secondary N) is 1. The van der Waals surface area contributed by atoms with E-state index in [1.165, 1.54) is 6.33 Å². The molecule has 0 bridgehead atoms. The molecule has 2 heterocycles. The van der Waals surface area contributed by atoms with Gasteiger partial charge in [-0.15, -0.1) is 0 Å². The molecule has 1 atom stereocenters. The molecule has 4 rings (SSSR count). The summed E-state index contributed by atoms with van der Waals surface area (Å²) in [7, 11) is 0. The van der Waals surface area contributed by atoms with Crippen molar-refractivity contribution in [2.45, 2.75) is 19.3 Å². The summed E-state index contributed by atoms with van der Waals surface area (Å²) < 4.78 is 7.62. The second-order valence-electron chi connectivity index (χ2n) is 5.82. The van der Waals surface area contributed by atoms with Crippen molar-refractivity contribution in [2.75, 3.05) is 0 Å². The van der Waals surface area contributed by atoms with Gasteiger partial charge in [0.05, 0.1) is 18.0 Å². The van der Waals surface area contributed by atoms with Gasteiger partial charge in [-0.25, -0.2) is 14.5 Å². The van der Waals surface area contributed by atoms with Crippen LogP contribution in [0.15, 0.2) is 67.3 Å². The lowest BCUT2D eigenvalue weighted by Crippen LogP contribution is -2.32. The second-order valence-corrected chi connectivity index (χ2v) is 6.26. The van der Waals surface area contributed by atoms with E-state index in [4.69, 9.17) is 21.2 Å². The second kappa shape index (κ2) is 7.70. The fourth-order valence-corrected chi connectivity index (χ4v) is 2.87. The van der Waals surface area contributed by atoms with Crippen molar-refractivity contribution in [3.05, 3.63) is 83.4 Å². The first kappa shape index (κ1) is 16.8. The molecular formula is C19H17ClN4O2. The van der Waals surface area contributed by atoms with Crippen molar-refractivity contribution in [1.29, 1.82) is 0 Å². The molecule has 7 heteroatoms. The van der Waals surface area contributed by atoms with Crippen LogP contribution in [0, 0.1) is 0 Å². The molecule has 2 aromatic carbocycles. The largest absolute Gasteiger partial charge is 0.345 e. The van der Waals surface area contributed by atoms with E-state index in [1.807, 2.05) is 54.6 Å². The minimum Gasteiger partial charge on any atom is -0.345 e. The van der Waals surface area contributed by atoms with E-state index in [0.29, 0.717) is 18.1 Å². The van der Waals surface area contributed by atoms with E-state index in [-0.39, 0.29) is 0 Å². The molecule has 132 valence electrons. The number of aromatic nitrogens is 3. The first-order chi connectivity index (χ1) is 12.8. The number of benzene rings is 2. The van der Waals surface area contributed by atoms with E-state index in [0.717, 1.165) is 22.5 Å². The molecule has 0 saturated carbocycles. The van der Waals surface area contributed by atoms with Crippen LogP contribution in [0.2, 0.25) is 5.02 Å². The lowest BCUT2D eigenvalue weighted by molar-refractivity contribution is -0.174. The summed E-state index contributed by atoms with van der Waals surface area (Å²) in [5.41, 5.74) is 6.76. The molecule has 3 aromatic rings. The molecule has 0 fully saturated rings. The standard InChI is InChI=1S/C19H17ClN4O2/c20-16-8-6-15(7-9-16)19-17(24-13-21-12-22-24)10-18(26-23-19)25-11-14-4-2-1-3-5-14/h1-9,12-13,18,23H,10-11H2. The number of halogens is 1. The van der Waals surface area contributed by atoms with Crippen molar-refractivity contribution in [2.24, 2.45) is 0 Å². The molecule has 0 amide bonds. The van der Waals surface area contributed by atoms with Gasteiger partial charge >= 0.3 is 0 Å². The minimum atomic E-state index is -0.439. The van der Waals surface area contributed by atoms with E-state index in [9.17, 15) is 0 Å². The molecule has 0 radical (unpaired) electrons. The Kier molecular flexibility index (Phi) is 4.97. The molecule has 6 nitrogen and oxygen atoms in total. The normalized spacial score (nSPS) is 17.2. The molecular weight excluding hydrogens is 352 g/mol. The van der Waals surface area contributed by atoms with Crippen molar-refractivity contribution < 1.29 is 9.57 Å². The molecule has 0 saturated heterocycles. The predicted molar refractivity (Wildman–Crippen MR) is 98.4 cm³/mol. The molecule has 1 aliphatic heterocycles. The first-order valence-electron chi connectivity index (χ1n) is 8.21. The Morgan fingerprint density at radius 3 is 2.69 bits per heavy atom. The average molecular weight is 369 g/mol. The highest BCUT2D eigenvalue weighted by Gasteiger charge is 2.25. The number of hydrogen-bond acceptors (Lipinski definition) is 5. The van der Waals surface area contributed by atoms with Crippen LogP contribution in [-0.2, 0) is 16.2 Å². The van der Waals surface area contributed by atoms with Crippen LogP contribution in [0.4, 0.5) is 0 Å². The van der Waals surface area contributed by atoms with Crippen molar-refractivity contribution in [3.63, 3.8) is 0 Å². The van der Waals surface area contributed by atoms with Gasteiger partial charge in [0.15, 0.2) is 6.29 Å². The van der Waals surface area contributed by atoms with E-state index in [1.54, 1.807) is 11.0 Å². The lowest BCUT2D eigenvalue weighted by Gasteiger charge is -2.28. The Hall–Kier alpha value is -2.67. The van der Waals surface area contributed by atoms with Crippen LogP contribution >= 0.6 is 11.6 Å². The Labute approximate surface area is 156 Å². The highest BCUT2D eigenvalue weighted by molar-refractivity contribution is 6.30. The van der Waals surface area contributed by atoms with Gasteiger partial charge in [0.1, 0.15) is 12.7 Å². The van der Waals surface area contributed by atoms with Crippen LogP contribution in [-0.4, -0.2) is 21.1 Å². The van der Waals surface area contributed by atoms with Crippen molar-refractivity contribution in [1.82, 2.24) is 20.2 Å². The third kappa shape index (κ3) is 3.77. The summed E-state index contributed by atoms with van der Waals surface area (Å²) in [4.78, 5) is 9.75.